The second-order valence-electron chi connectivity index (χ2n) is 3.33. The lowest BCUT2D eigenvalue weighted by Gasteiger charge is -2.16. The molecule has 1 heterocycles. The number of hydrogen-bond donors (Lipinski definition) is 1. The quantitative estimate of drug-likeness (QED) is 0.751. The number of nitrogens with one attached hydrogen (secondary N) is 1. The minimum atomic E-state index is 0.0627. The Kier molecular flexibility index (Phi) is 3.71. The monoisotopic (exact) mass is 195 g/mol. The smallest absolute Gasteiger partial charge is 0.270 e. The number of nitrogens with zero attached hydrogens (tertiary/aromatic N) is 2. The fourth-order valence-electron chi connectivity index (χ4n) is 1.26. The Morgan fingerprint density at radius 1 is 1.64 bits per heavy atom. The topological polar surface area (TPSA) is 37.3 Å². The van der Waals surface area contributed by atoms with Crippen molar-refractivity contribution in [3.63, 3.8) is 0 Å². The van der Waals surface area contributed by atoms with Crippen LogP contribution in [0.5, 0.6) is 0 Å². The Balaban J connectivity index is 2.61. The van der Waals surface area contributed by atoms with E-state index in [0.717, 1.165) is 18.8 Å². The average molecular weight is 195 g/mol. The highest BCUT2D eigenvalue weighted by molar-refractivity contribution is 5.92. The molecule has 1 aromatic rings. The van der Waals surface area contributed by atoms with Gasteiger partial charge in [-0.15, -0.1) is 0 Å². The maximum absolute atomic E-state index is 11.8. The first-order valence-corrected chi connectivity index (χ1v) is 4.68. The van der Waals surface area contributed by atoms with E-state index in [1.165, 1.54) is 0 Å². The lowest BCUT2D eigenvalue weighted by Crippen LogP contribution is -2.33. The number of aromatic nitrogens is 1. The van der Waals surface area contributed by atoms with Gasteiger partial charge in [0, 0.05) is 33.4 Å². The highest BCUT2D eigenvalue weighted by atomic mass is 16.2. The summed E-state index contributed by atoms with van der Waals surface area (Å²) in [6.45, 7) is 1.53. The number of carbonyl (C=O) groups is 1. The molecule has 0 spiro atoms. The molecular formula is C10H17N3O. The molecule has 1 aromatic heterocycles. The van der Waals surface area contributed by atoms with E-state index in [2.05, 4.69) is 5.32 Å². The largest absolute Gasteiger partial charge is 0.347 e. The fraction of sp³-hybridized carbons (Fsp3) is 0.500. The van der Waals surface area contributed by atoms with Crippen molar-refractivity contribution in [1.82, 2.24) is 14.8 Å². The predicted molar refractivity (Wildman–Crippen MR) is 56.3 cm³/mol. The predicted octanol–water partition coefficient (Wildman–Crippen LogP) is 0.316. The molecule has 4 nitrogen and oxygen atoms in total. The van der Waals surface area contributed by atoms with E-state index in [9.17, 15) is 4.79 Å². The van der Waals surface area contributed by atoms with Crippen LogP contribution in [0.4, 0.5) is 0 Å². The zero-order valence-corrected chi connectivity index (χ0v) is 8.95. The van der Waals surface area contributed by atoms with Gasteiger partial charge in [0.1, 0.15) is 5.69 Å². The van der Waals surface area contributed by atoms with E-state index in [1.54, 1.807) is 4.90 Å². The van der Waals surface area contributed by atoms with E-state index in [1.807, 2.05) is 44.0 Å². The highest BCUT2D eigenvalue weighted by Gasteiger charge is 2.12. The van der Waals surface area contributed by atoms with Gasteiger partial charge in [0.25, 0.3) is 5.91 Å². The third kappa shape index (κ3) is 2.35. The molecule has 1 rings (SSSR count). The fourth-order valence-corrected chi connectivity index (χ4v) is 1.26. The summed E-state index contributed by atoms with van der Waals surface area (Å²) >= 11 is 0. The third-order valence-corrected chi connectivity index (χ3v) is 2.21. The van der Waals surface area contributed by atoms with Crippen molar-refractivity contribution in [2.24, 2.45) is 7.05 Å². The van der Waals surface area contributed by atoms with Crippen molar-refractivity contribution >= 4 is 5.91 Å². The first kappa shape index (κ1) is 10.8. The van der Waals surface area contributed by atoms with E-state index in [0.29, 0.717) is 0 Å². The molecule has 0 aliphatic rings. The Hall–Kier alpha value is -1.29. The van der Waals surface area contributed by atoms with E-state index < -0.39 is 0 Å². The van der Waals surface area contributed by atoms with Gasteiger partial charge in [-0.3, -0.25) is 4.79 Å². The Labute approximate surface area is 84.5 Å². The van der Waals surface area contributed by atoms with Crippen LogP contribution >= 0.6 is 0 Å². The summed E-state index contributed by atoms with van der Waals surface area (Å²) in [4.78, 5) is 13.5. The van der Waals surface area contributed by atoms with Gasteiger partial charge in [-0.1, -0.05) is 0 Å². The SMILES string of the molecule is CNCCN(C)C(=O)c1cccn1C. The van der Waals surface area contributed by atoms with E-state index in [4.69, 9.17) is 0 Å². The zero-order chi connectivity index (χ0) is 10.6. The lowest BCUT2D eigenvalue weighted by molar-refractivity contribution is 0.0787. The maximum atomic E-state index is 11.8. The van der Waals surface area contributed by atoms with Crippen molar-refractivity contribution in [3.8, 4) is 0 Å². The number of hydrogen-bond acceptors (Lipinski definition) is 2. The van der Waals surface area contributed by atoms with Gasteiger partial charge >= 0.3 is 0 Å². The van der Waals surface area contributed by atoms with Gasteiger partial charge in [-0.25, -0.2) is 0 Å². The molecule has 0 aromatic carbocycles. The molecule has 0 atom stereocenters. The first-order chi connectivity index (χ1) is 6.66. The van der Waals surface area contributed by atoms with Crippen LogP contribution in [0.1, 0.15) is 10.5 Å². The minimum absolute atomic E-state index is 0.0627. The number of likely N-dealkylation sites (N-methyl/N-ethyl adjacent to an activating group) is 2. The molecule has 1 amide bonds. The van der Waals surface area contributed by atoms with Crippen LogP contribution < -0.4 is 5.32 Å². The molecule has 0 aliphatic carbocycles. The Bertz CT molecular complexity index is 306. The standard InChI is InChI=1S/C10H17N3O/c1-11-6-8-13(3)10(14)9-5-4-7-12(9)2/h4-5,7,11H,6,8H2,1-3H3. The second kappa shape index (κ2) is 4.81. The van der Waals surface area contributed by atoms with Crippen LogP contribution in [0, 0.1) is 0 Å². The van der Waals surface area contributed by atoms with E-state index in [-0.39, 0.29) is 5.91 Å². The van der Waals surface area contributed by atoms with Crippen molar-refractivity contribution in [1.29, 1.82) is 0 Å². The molecule has 4 heteroatoms. The molecule has 0 saturated carbocycles. The maximum Gasteiger partial charge on any atom is 0.270 e. The van der Waals surface area contributed by atoms with Crippen molar-refractivity contribution < 1.29 is 4.79 Å². The minimum Gasteiger partial charge on any atom is -0.347 e. The molecule has 0 bridgehead atoms. The van der Waals surface area contributed by atoms with Gasteiger partial charge in [0.2, 0.25) is 0 Å². The first-order valence-electron chi connectivity index (χ1n) is 4.68. The molecular weight excluding hydrogens is 178 g/mol. The summed E-state index contributed by atoms with van der Waals surface area (Å²) in [7, 11) is 5.56. The number of aryl methyl sites for hydroxylation is 1. The number of rotatable bonds is 4. The summed E-state index contributed by atoms with van der Waals surface area (Å²) in [5, 5.41) is 3.01. The Morgan fingerprint density at radius 3 is 2.86 bits per heavy atom. The van der Waals surface area contributed by atoms with Gasteiger partial charge < -0.3 is 14.8 Å². The summed E-state index contributed by atoms with van der Waals surface area (Å²) in [5.74, 6) is 0.0627. The molecule has 0 unspecified atom stereocenters. The van der Waals surface area contributed by atoms with Crippen LogP contribution in [0.25, 0.3) is 0 Å². The van der Waals surface area contributed by atoms with Crippen molar-refractivity contribution in [2.75, 3.05) is 27.2 Å². The summed E-state index contributed by atoms with van der Waals surface area (Å²) in [6, 6.07) is 3.71. The van der Waals surface area contributed by atoms with Gasteiger partial charge in [0.15, 0.2) is 0 Å². The van der Waals surface area contributed by atoms with Crippen LogP contribution in [0.2, 0.25) is 0 Å². The molecule has 0 radical (unpaired) electrons. The molecule has 1 N–H and O–H groups in total. The van der Waals surface area contributed by atoms with Crippen LogP contribution in [0.3, 0.4) is 0 Å². The molecule has 0 saturated heterocycles. The normalized spacial score (nSPS) is 10.2. The second-order valence-corrected chi connectivity index (χ2v) is 3.33. The molecule has 0 fully saturated rings. The van der Waals surface area contributed by atoms with Crippen molar-refractivity contribution in [3.05, 3.63) is 24.0 Å². The van der Waals surface area contributed by atoms with Gasteiger partial charge in [-0.05, 0) is 19.2 Å². The Morgan fingerprint density at radius 2 is 2.36 bits per heavy atom. The van der Waals surface area contributed by atoms with Gasteiger partial charge in [0.05, 0.1) is 0 Å². The number of amides is 1. The number of carbonyl (C=O) groups excluding carboxylic acids is 1. The molecule has 14 heavy (non-hydrogen) atoms. The van der Waals surface area contributed by atoms with Crippen LogP contribution in [0.15, 0.2) is 18.3 Å². The highest BCUT2D eigenvalue weighted by Crippen LogP contribution is 2.02. The van der Waals surface area contributed by atoms with Gasteiger partial charge in [-0.2, -0.15) is 0 Å². The summed E-state index contributed by atoms with van der Waals surface area (Å²) < 4.78 is 1.83. The molecule has 78 valence electrons. The summed E-state index contributed by atoms with van der Waals surface area (Å²) in [6.07, 6.45) is 1.87. The summed E-state index contributed by atoms with van der Waals surface area (Å²) in [5.41, 5.74) is 0.726. The van der Waals surface area contributed by atoms with E-state index >= 15 is 0 Å². The van der Waals surface area contributed by atoms with Crippen molar-refractivity contribution in [2.45, 2.75) is 0 Å². The third-order valence-electron chi connectivity index (χ3n) is 2.21. The van der Waals surface area contributed by atoms with Crippen LogP contribution in [-0.4, -0.2) is 42.6 Å². The lowest BCUT2D eigenvalue weighted by atomic mass is 10.3. The molecule has 0 aliphatic heterocycles. The average Bonchev–Trinajstić information content (AvgIpc) is 2.59. The zero-order valence-electron chi connectivity index (χ0n) is 8.95. The van der Waals surface area contributed by atoms with Crippen LogP contribution in [-0.2, 0) is 7.05 Å².